The molecule has 0 fully saturated rings. The van der Waals surface area contributed by atoms with Gasteiger partial charge in [-0.05, 0) is 11.2 Å². The first kappa shape index (κ1) is 5.22. The minimum atomic E-state index is 0.633. The van der Waals surface area contributed by atoms with Crippen molar-refractivity contribution >= 4 is 0 Å². The topological polar surface area (TPSA) is 52.1 Å². The van der Waals surface area contributed by atoms with Crippen molar-refractivity contribution in [2.75, 3.05) is 0 Å². The van der Waals surface area contributed by atoms with Crippen LogP contribution in [0.3, 0.4) is 0 Å². The fraction of sp³-hybridized carbons (Fsp3) is 0. The highest BCUT2D eigenvalue weighted by Crippen LogP contribution is 2.13. The third-order valence-electron chi connectivity index (χ3n) is 1.11. The van der Waals surface area contributed by atoms with Gasteiger partial charge in [0.05, 0.1) is 18.0 Å². The summed E-state index contributed by atoms with van der Waals surface area (Å²) in [5.41, 5.74) is 1.38. The molecule has 4 nitrogen and oxygen atoms in total. The summed E-state index contributed by atoms with van der Waals surface area (Å²) in [6.07, 6.45) is 5.62. The van der Waals surface area contributed by atoms with Crippen molar-refractivity contribution in [1.29, 1.82) is 0 Å². The van der Waals surface area contributed by atoms with Gasteiger partial charge in [0.1, 0.15) is 5.69 Å². The van der Waals surface area contributed by atoms with E-state index >= 15 is 0 Å². The maximum atomic E-state index is 4.70. The van der Waals surface area contributed by atoms with Gasteiger partial charge < -0.3 is 4.42 Å². The number of nitrogens with zero attached hydrogens (tertiary/aromatic N) is 2. The highest BCUT2D eigenvalue weighted by molar-refractivity contribution is 5.53. The Labute approximate surface area is 56.4 Å². The minimum Gasteiger partial charge on any atom is -0.460 e. The number of hydrogen-bond acceptors (Lipinski definition) is 4. The molecule has 4 heteroatoms. The lowest BCUT2D eigenvalue weighted by molar-refractivity contribution is 0.308. The van der Waals surface area contributed by atoms with Crippen LogP contribution >= 0.6 is 0 Å². The fourth-order valence-electron chi connectivity index (χ4n) is 0.655. The van der Waals surface area contributed by atoms with Crippen LogP contribution in [0.1, 0.15) is 0 Å². The van der Waals surface area contributed by atoms with Gasteiger partial charge in [-0.2, -0.15) is 0 Å². The highest BCUT2D eigenvalue weighted by Gasteiger charge is 2.02. The lowest BCUT2D eigenvalue weighted by Gasteiger charge is -1.77. The average molecular weight is 135 g/mol. The van der Waals surface area contributed by atoms with E-state index in [0.717, 1.165) is 5.56 Å². The monoisotopic (exact) mass is 135 g/mol. The first-order chi connectivity index (χ1) is 4.97. The average Bonchev–Trinajstić information content (AvgIpc) is 2.59. The van der Waals surface area contributed by atoms with E-state index in [2.05, 4.69) is 21.2 Å². The van der Waals surface area contributed by atoms with Crippen LogP contribution < -0.4 is 0 Å². The van der Waals surface area contributed by atoms with Gasteiger partial charge in [-0.25, -0.2) is 4.63 Å². The van der Waals surface area contributed by atoms with Gasteiger partial charge in [-0.3, -0.25) is 0 Å². The molecule has 0 bridgehead atoms. The van der Waals surface area contributed by atoms with Crippen LogP contribution in [0.4, 0.5) is 0 Å². The van der Waals surface area contributed by atoms with Gasteiger partial charge in [0.25, 0.3) is 0 Å². The van der Waals surface area contributed by atoms with Gasteiger partial charge in [0, 0.05) is 0 Å². The Hall–Kier alpha value is -1.58. The predicted octanol–water partition coefficient (Wildman–Crippen LogP) is 1.13. The Morgan fingerprint density at radius 3 is 3.10 bits per heavy atom. The molecule has 0 aromatic carbocycles. The Morgan fingerprint density at radius 2 is 2.50 bits per heavy atom. The molecule has 2 heterocycles. The maximum Gasteiger partial charge on any atom is 0.179 e. The van der Waals surface area contributed by atoms with E-state index in [1.54, 1.807) is 6.07 Å². The minimum absolute atomic E-state index is 0.633. The molecule has 0 saturated heterocycles. The quantitative estimate of drug-likeness (QED) is 0.588. The number of aromatic nitrogens is 2. The standard InChI is InChI=1S/C6H3N2O2/c1-2-9-4-5(1)6-3-7-10-8-6/h1-3H. The Kier molecular flexibility index (Phi) is 1.04. The van der Waals surface area contributed by atoms with Crippen LogP contribution in [-0.4, -0.2) is 10.3 Å². The lowest BCUT2D eigenvalue weighted by Crippen LogP contribution is -1.68. The zero-order valence-corrected chi connectivity index (χ0v) is 4.94. The third-order valence-corrected chi connectivity index (χ3v) is 1.11. The molecule has 10 heavy (non-hydrogen) atoms. The van der Waals surface area contributed by atoms with Crippen LogP contribution in [0, 0.1) is 6.26 Å². The second-order valence-corrected chi connectivity index (χ2v) is 1.73. The molecular formula is C6H3N2O2. The molecule has 0 atom stereocenters. The smallest absolute Gasteiger partial charge is 0.179 e. The molecule has 0 spiro atoms. The summed E-state index contributed by atoms with van der Waals surface area (Å²) in [5, 5.41) is 7.01. The van der Waals surface area contributed by atoms with Gasteiger partial charge in [-0.1, -0.05) is 5.16 Å². The molecule has 2 rings (SSSR count). The molecule has 49 valence electrons. The number of hydrogen-bond donors (Lipinski definition) is 0. The summed E-state index contributed by atoms with van der Waals surface area (Å²) >= 11 is 0. The van der Waals surface area contributed by atoms with E-state index in [1.165, 1.54) is 12.5 Å². The second-order valence-electron chi connectivity index (χ2n) is 1.73. The van der Waals surface area contributed by atoms with Crippen molar-refractivity contribution in [1.82, 2.24) is 10.3 Å². The molecule has 1 radical (unpaired) electrons. The van der Waals surface area contributed by atoms with E-state index < -0.39 is 0 Å². The van der Waals surface area contributed by atoms with Crippen molar-refractivity contribution < 1.29 is 9.05 Å². The molecule has 0 unspecified atom stereocenters. The molecule has 0 aliphatic carbocycles. The zero-order valence-electron chi connectivity index (χ0n) is 4.94. The van der Waals surface area contributed by atoms with Gasteiger partial charge in [0.2, 0.25) is 0 Å². The SMILES string of the molecule is [c]1occc1-c1cnon1. The van der Waals surface area contributed by atoms with Crippen LogP contribution in [-0.2, 0) is 0 Å². The predicted molar refractivity (Wildman–Crippen MR) is 30.8 cm³/mol. The molecule has 2 aromatic rings. The normalized spacial score (nSPS) is 10.0. The second kappa shape index (κ2) is 1.98. The number of rotatable bonds is 1. The summed E-state index contributed by atoms with van der Waals surface area (Å²) in [5.74, 6) is 0. The fourth-order valence-corrected chi connectivity index (χ4v) is 0.655. The van der Waals surface area contributed by atoms with Crippen molar-refractivity contribution in [2.45, 2.75) is 0 Å². The first-order valence-electron chi connectivity index (χ1n) is 2.70. The Bertz CT molecular complexity index is 253. The summed E-state index contributed by atoms with van der Waals surface area (Å²) in [6, 6.07) is 1.74. The molecule has 0 aliphatic rings. The van der Waals surface area contributed by atoms with Crippen molar-refractivity contribution in [2.24, 2.45) is 0 Å². The van der Waals surface area contributed by atoms with E-state index in [-0.39, 0.29) is 0 Å². The van der Waals surface area contributed by atoms with E-state index in [9.17, 15) is 0 Å². The first-order valence-corrected chi connectivity index (χ1v) is 2.70. The molecule has 0 amide bonds. The highest BCUT2D eigenvalue weighted by atomic mass is 16.6. The zero-order chi connectivity index (χ0) is 6.81. The van der Waals surface area contributed by atoms with Crippen molar-refractivity contribution in [3.05, 3.63) is 24.8 Å². The molecule has 0 N–H and O–H groups in total. The maximum absolute atomic E-state index is 4.70. The van der Waals surface area contributed by atoms with E-state index in [1.807, 2.05) is 0 Å². The van der Waals surface area contributed by atoms with E-state index in [0.29, 0.717) is 5.69 Å². The summed E-state index contributed by atoms with van der Waals surface area (Å²) in [7, 11) is 0. The van der Waals surface area contributed by atoms with Gasteiger partial charge in [-0.15, -0.1) is 0 Å². The summed E-state index contributed by atoms with van der Waals surface area (Å²) in [6.45, 7) is 0. The summed E-state index contributed by atoms with van der Waals surface area (Å²) < 4.78 is 9.08. The van der Waals surface area contributed by atoms with Gasteiger partial charge >= 0.3 is 0 Å². The third kappa shape index (κ3) is 0.699. The number of furan rings is 1. The van der Waals surface area contributed by atoms with Crippen molar-refractivity contribution in [3.8, 4) is 11.3 Å². The van der Waals surface area contributed by atoms with Crippen LogP contribution in [0.5, 0.6) is 0 Å². The molecule has 2 aromatic heterocycles. The van der Waals surface area contributed by atoms with Crippen LogP contribution in [0.25, 0.3) is 11.3 Å². The Balaban J connectivity index is 2.48. The van der Waals surface area contributed by atoms with Crippen LogP contribution in [0.2, 0.25) is 0 Å². The molecular weight excluding hydrogens is 132 g/mol. The van der Waals surface area contributed by atoms with Crippen LogP contribution in [0.15, 0.2) is 27.6 Å². The lowest BCUT2D eigenvalue weighted by atomic mass is 10.3. The van der Waals surface area contributed by atoms with Crippen molar-refractivity contribution in [3.63, 3.8) is 0 Å². The van der Waals surface area contributed by atoms with Gasteiger partial charge in [0.15, 0.2) is 6.26 Å². The Morgan fingerprint density at radius 1 is 1.50 bits per heavy atom. The van der Waals surface area contributed by atoms with E-state index in [4.69, 9.17) is 4.42 Å². The molecule has 0 aliphatic heterocycles. The largest absolute Gasteiger partial charge is 0.460 e. The molecule has 0 saturated carbocycles. The summed E-state index contributed by atoms with van der Waals surface area (Å²) in [4.78, 5) is 0.